The van der Waals surface area contributed by atoms with Crippen LogP contribution in [0, 0.1) is 11.8 Å². The Bertz CT molecular complexity index is 597. The van der Waals surface area contributed by atoms with Crippen LogP contribution in [0.5, 0.6) is 0 Å². The maximum absolute atomic E-state index is 6.15. The van der Waals surface area contributed by atoms with Crippen molar-refractivity contribution >= 4 is 39.0 Å². The number of anilines is 1. The Labute approximate surface area is 136 Å². The molecule has 0 aliphatic rings. The molecule has 2 aromatic heterocycles. The number of aromatic nitrogens is 2. The summed E-state index contributed by atoms with van der Waals surface area (Å²) in [6.45, 7) is 13.1. The third kappa shape index (κ3) is 4.07. The molecule has 5 heteroatoms. The third-order valence-electron chi connectivity index (χ3n) is 3.22. The zero-order chi connectivity index (χ0) is 15.6. The minimum Gasteiger partial charge on any atom is -0.355 e. The van der Waals surface area contributed by atoms with Crippen molar-refractivity contribution in [1.29, 1.82) is 0 Å². The summed E-state index contributed by atoms with van der Waals surface area (Å²) in [6, 6.07) is 2.22. The Kier molecular flexibility index (Phi) is 5.44. The quantitative estimate of drug-likeness (QED) is 0.698. The first-order chi connectivity index (χ1) is 9.90. The highest BCUT2D eigenvalue weighted by Crippen LogP contribution is 2.33. The summed E-state index contributed by atoms with van der Waals surface area (Å²) in [7, 11) is 0. The molecule has 0 aliphatic carbocycles. The van der Waals surface area contributed by atoms with Crippen LogP contribution < -0.4 is 4.90 Å². The molecule has 0 bridgehead atoms. The van der Waals surface area contributed by atoms with E-state index in [1.54, 1.807) is 11.3 Å². The van der Waals surface area contributed by atoms with Crippen LogP contribution in [0.4, 0.5) is 5.82 Å². The Morgan fingerprint density at radius 2 is 1.76 bits per heavy atom. The highest BCUT2D eigenvalue weighted by Gasteiger charge is 2.18. The van der Waals surface area contributed by atoms with Gasteiger partial charge in [-0.2, -0.15) is 4.98 Å². The van der Waals surface area contributed by atoms with Gasteiger partial charge in [0.1, 0.15) is 10.6 Å². The van der Waals surface area contributed by atoms with E-state index in [1.165, 1.54) is 4.88 Å². The Hall–Kier alpha value is -0.870. The predicted octanol–water partition coefficient (Wildman–Crippen LogP) is 5.03. The van der Waals surface area contributed by atoms with Gasteiger partial charge in [0.15, 0.2) is 0 Å². The molecule has 0 aliphatic heterocycles. The van der Waals surface area contributed by atoms with Crippen LogP contribution in [-0.2, 0) is 6.42 Å². The van der Waals surface area contributed by atoms with Crippen LogP contribution in [-0.4, -0.2) is 23.1 Å². The monoisotopic (exact) mass is 325 g/mol. The number of fused-ring (bicyclic) bond motifs is 1. The van der Waals surface area contributed by atoms with E-state index < -0.39 is 0 Å². The number of hydrogen-bond acceptors (Lipinski definition) is 4. The molecule has 21 heavy (non-hydrogen) atoms. The smallest absolute Gasteiger partial charge is 0.225 e. The van der Waals surface area contributed by atoms with Crippen molar-refractivity contribution < 1.29 is 0 Å². The molecule has 2 aromatic rings. The first-order valence-corrected chi connectivity index (χ1v) is 8.81. The fraction of sp³-hybridized carbons (Fsp3) is 0.625. The molecular formula is C16H24ClN3S. The molecule has 0 aromatic carbocycles. The molecule has 0 unspecified atom stereocenters. The molecule has 2 rings (SSSR count). The average molecular weight is 326 g/mol. The van der Waals surface area contributed by atoms with Crippen molar-refractivity contribution in [1.82, 2.24) is 9.97 Å². The van der Waals surface area contributed by atoms with E-state index in [0.29, 0.717) is 17.1 Å². The molecule has 0 saturated heterocycles. The summed E-state index contributed by atoms with van der Waals surface area (Å²) >= 11 is 7.87. The van der Waals surface area contributed by atoms with Crippen molar-refractivity contribution in [3.63, 3.8) is 0 Å². The van der Waals surface area contributed by atoms with E-state index in [0.717, 1.165) is 35.5 Å². The van der Waals surface area contributed by atoms with E-state index in [4.69, 9.17) is 11.6 Å². The average Bonchev–Trinajstić information content (AvgIpc) is 2.78. The molecule has 0 atom stereocenters. The predicted molar refractivity (Wildman–Crippen MR) is 93.7 cm³/mol. The van der Waals surface area contributed by atoms with Gasteiger partial charge in [0.05, 0.1) is 5.39 Å². The molecule has 0 saturated carbocycles. The van der Waals surface area contributed by atoms with Gasteiger partial charge < -0.3 is 4.90 Å². The highest BCUT2D eigenvalue weighted by atomic mass is 35.5. The molecule has 0 radical (unpaired) electrons. The second-order valence-corrected chi connectivity index (χ2v) is 7.75. The first-order valence-electron chi connectivity index (χ1n) is 7.61. The molecule has 0 amide bonds. The number of rotatable bonds is 6. The van der Waals surface area contributed by atoms with E-state index in [2.05, 4.69) is 55.6 Å². The van der Waals surface area contributed by atoms with Crippen LogP contribution >= 0.6 is 22.9 Å². The Morgan fingerprint density at radius 1 is 1.14 bits per heavy atom. The number of aryl methyl sites for hydroxylation is 1. The Morgan fingerprint density at radius 3 is 2.29 bits per heavy atom. The fourth-order valence-electron chi connectivity index (χ4n) is 2.48. The van der Waals surface area contributed by atoms with Crippen molar-refractivity contribution in [2.45, 2.75) is 41.0 Å². The zero-order valence-corrected chi connectivity index (χ0v) is 15.1. The van der Waals surface area contributed by atoms with Crippen LogP contribution in [0.3, 0.4) is 0 Å². The Balaban J connectivity index is 2.51. The standard InChI is InChI=1S/C16H24ClN3S/c1-6-12-7-13-14(18-16(17)19-15(13)21-12)20(8-10(2)3)9-11(4)5/h7,10-11H,6,8-9H2,1-5H3. The fourth-order valence-corrected chi connectivity index (χ4v) is 3.65. The van der Waals surface area contributed by atoms with Gasteiger partial charge in [-0.05, 0) is 35.9 Å². The SMILES string of the molecule is CCc1cc2c(N(CC(C)C)CC(C)C)nc(Cl)nc2s1. The van der Waals surface area contributed by atoms with E-state index in [1.807, 2.05) is 0 Å². The molecule has 0 N–H and O–H groups in total. The van der Waals surface area contributed by atoms with Gasteiger partial charge >= 0.3 is 0 Å². The first kappa shape index (κ1) is 16.5. The minimum atomic E-state index is 0.347. The lowest BCUT2D eigenvalue weighted by Crippen LogP contribution is -2.32. The lowest BCUT2D eigenvalue weighted by Gasteiger charge is -2.28. The topological polar surface area (TPSA) is 29.0 Å². The number of halogens is 1. The van der Waals surface area contributed by atoms with E-state index in [9.17, 15) is 0 Å². The molecule has 0 fully saturated rings. The van der Waals surface area contributed by atoms with Crippen LogP contribution in [0.1, 0.15) is 39.5 Å². The highest BCUT2D eigenvalue weighted by molar-refractivity contribution is 7.18. The van der Waals surface area contributed by atoms with Crippen LogP contribution in [0.15, 0.2) is 6.07 Å². The summed E-state index contributed by atoms with van der Waals surface area (Å²) in [5.41, 5.74) is 0. The third-order valence-corrected chi connectivity index (χ3v) is 4.56. The van der Waals surface area contributed by atoms with Gasteiger partial charge in [0.25, 0.3) is 0 Å². The molecular weight excluding hydrogens is 302 g/mol. The summed E-state index contributed by atoms with van der Waals surface area (Å²) in [5, 5.41) is 1.49. The number of nitrogens with zero attached hydrogens (tertiary/aromatic N) is 3. The van der Waals surface area contributed by atoms with E-state index in [-0.39, 0.29) is 0 Å². The lowest BCUT2D eigenvalue weighted by atomic mass is 10.1. The molecule has 0 spiro atoms. The lowest BCUT2D eigenvalue weighted by molar-refractivity contribution is 0.550. The zero-order valence-electron chi connectivity index (χ0n) is 13.5. The van der Waals surface area contributed by atoms with Crippen molar-refractivity contribution in [2.24, 2.45) is 11.8 Å². The van der Waals surface area contributed by atoms with Crippen molar-refractivity contribution in [3.8, 4) is 0 Å². The second-order valence-electron chi connectivity index (χ2n) is 6.29. The van der Waals surface area contributed by atoms with Gasteiger partial charge in [0.2, 0.25) is 5.28 Å². The summed E-state index contributed by atoms with van der Waals surface area (Å²) in [6.07, 6.45) is 1.02. The van der Waals surface area contributed by atoms with Crippen molar-refractivity contribution in [3.05, 3.63) is 16.2 Å². The molecule has 2 heterocycles. The number of thiophene rings is 1. The second kappa shape index (κ2) is 6.93. The normalized spacial score (nSPS) is 11.8. The molecule has 3 nitrogen and oxygen atoms in total. The van der Waals surface area contributed by atoms with Gasteiger partial charge in [-0.15, -0.1) is 11.3 Å². The maximum Gasteiger partial charge on any atom is 0.225 e. The largest absolute Gasteiger partial charge is 0.355 e. The maximum atomic E-state index is 6.15. The minimum absolute atomic E-state index is 0.347. The number of hydrogen-bond donors (Lipinski definition) is 0. The van der Waals surface area contributed by atoms with Gasteiger partial charge in [0, 0.05) is 18.0 Å². The van der Waals surface area contributed by atoms with Gasteiger partial charge in [-0.3, -0.25) is 0 Å². The van der Waals surface area contributed by atoms with Gasteiger partial charge in [-0.1, -0.05) is 34.6 Å². The summed E-state index contributed by atoms with van der Waals surface area (Å²) < 4.78 is 0. The summed E-state index contributed by atoms with van der Waals surface area (Å²) in [5.74, 6) is 2.15. The van der Waals surface area contributed by atoms with E-state index >= 15 is 0 Å². The van der Waals surface area contributed by atoms with Crippen LogP contribution in [0.25, 0.3) is 10.2 Å². The molecule has 116 valence electrons. The summed E-state index contributed by atoms with van der Waals surface area (Å²) in [4.78, 5) is 13.6. The van der Waals surface area contributed by atoms with Crippen LogP contribution in [0.2, 0.25) is 5.28 Å². The van der Waals surface area contributed by atoms with Crippen molar-refractivity contribution in [2.75, 3.05) is 18.0 Å². The van der Waals surface area contributed by atoms with Gasteiger partial charge in [-0.25, -0.2) is 4.98 Å².